The molecule has 0 spiro atoms. The first-order chi connectivity index (χ1) is 35.8. The summed E-state index contributed by atoms with van der Waals surface area (Å²) in [5.74, 6) is 0.654. The number of pyridine rings is 4. The summed E-state index contributed by atoms with van der Waals surface area (Å²) in [6.45, 7) is 30.6. The van der Waals surface area contributed by atoms with Crippen LogP contribution in [0.5, 0.6) is 0 Å². The highest BCUT2D eigenvalue weighted by Crippen LogP contribution is 2.32. The Morgan fingerprint density at radius 1 is 0.392 bits per heavy atom. The molecule has 8 aromatic rings. The van der Waals surface area contributed by atoms with Crippen molar-refractivity contribution in [3.05, 3.63) is 215 Å². The summed E-state index contributed by atoms with van der Waals surface area (Å²) in [7, 11) is 8.38. The van der Waals surface area contributed by atoms with Gasteiger partial charge in [0.25, 0.3) is 0 Å². The molecule has 0 N–H and O–H groups in total. The number of hydrogen-bond donors (Lipinski definition) is 0. The Bertz CT molecular complexity index is 3080. The van der Waals surface area contributed by atoms with Gasteiger partial charge in [-0.25, -0.2) is 18.3 Å². The highest BCUT2D eigenvalue weighted by molar-refractivity contribution is 5.63. The summed E-state index contributed by atoms with van der Waals surface area (Å²) >= 11 is 0. The van der Waals surface area contributed by atoms with E-state index in [9.17, 15) is 0 Å². The molecule has 74 heavy (non-hydrogen) atoms. The van der Waals surface area contributed by atoms with Crippen molar-refractivity contribution in [2.45, 2.75) is 133 Å². The molecule has 0 saturated heterocycles. The van der Waals surface area contributed by atoms with Gasteiger partial charge in [0.1, 0.15) is 28.2 Å². The Morgan fingerprint density at radius 2 is 0.703 bits per heavy atom. The van der Waals surface area contributed by atoms with Crippen molar-refractivity contribution < 1.29 is 21.0 Å². The van der Waals surface area contributed by atoms with Crippen LogP contribution in [0.1, 0.15) is 129 Å². The van der Waals surface area contributed by atoms with E-state index in [0.29, 0.717) is 5.92 Å². The monoisotopic (exact) mass is 991 g/mol. The van der Waals surface area contributed by atoms with Crippen molar-refractivity contribution in [3.63, 3.8) is 0 Å². The number of nitrogens with zero attached hydrogens (tertiary/aromatic N) is 4. The highest BCUT2D eigenvalue weighted by atomic mass is 14.9. The molecule has 4 nitrogen and oxygen atoms in total. The molecular formula is C70H92N4+4. The van der Waals surface area contributed by atoms with Crippen LogP contribution in [0.25, 0.3) is 45.0 Å². The fourth-order valence-corrected chi connectivity index (χ4v) is 9.52. The van der Waals surface area contributed by atoms with Crippen LogP contribution in [0, 0.1) is 39.5 Å². The topological polar surface area (TPSA) is 15.5 Å². The van der Waals surface area contributed by atoms with Gasteiger partial charge in [0, 0.05) is 71.5 Å². The minimum Gasteiger partial charge on any atom is -0.201 e. The molecule has 388 valence electrons. The molecule has 0 fully saturated rings. The van der Waals surface area contributed by atoms with E-state index in [-0.39, 0.29) is 16.7 Å². The van der Waals surface area contributed by atoms with Gasteiger partial charge in [-0.1, -0.05) is 142 Å². The lowest BCUT2D eigenvalue weighted by atomic mass is 9.78. The van der Waals surface area contributed by atoms with Gasteiger partial charge in [-0.2, -0.15) is 0 Å². The van der Waals surface area contributed by atoms with E-state index in [1.165, 1.54) is 91.1 Å². The zero-order valence-electron chi connectivity index (χ0n) is 50.7. The van der Waals surface area contributed by atoms with Crippen molar-refractivity contribution in [2.24, 2.45) is 40.0 Å². The molecule has 4 aromatic carbocycles. The maximum absolute atomic E-state index is 8.19. The lowest BCUT2D eigenvalue weighted by Crippen LogP contribution is -2.34. The number of benzene rings is 4. The third-order valence-corrected chi connectivity index (χ3v) is 14.5. The van der Waals surface area contributed by atoms with Crippen LogP contribution in [0.4, 0.5) is 0 Å². The van der Waals surface area contributed by atoms with Crippen LogP contribution in [0.2, 0.25) is 0 Å². The molecule has 0 atom stereocenters. The third-order valence-electron chi connectivity index (χ3n) is 14.5. The van der Waals surface area contributed by atoms with Crippen LogP contribution >= 0.6 is 0 Å². The van der Waals surface area contributed by atoms with Gasteiger partial charge >= 0.3 is 0 Å². The summed E-state index contributed by atoms with van der Waals surface area (Å²) in [5, 5.41) is 0. The van der Waals surface area contributed by atoms with Gasteiger partial charge in [-0.15, -0.1) is 0 Å². The quantitative estimate of drug-likeness (QED) is 0.115. The zero-order chi connectivity index (χ0) is 56.1. The first-order valence-corrected chi connectivity index (χ1v) is 27.1. The van der Waals surface area contributed by atoms with E-state index >= 15 is 0 Å². The van der Waals surface area contributed by atoms with E-state index in [2.05, 4.69) is 258 Å². The average Bonchev–Trinajstić information content (AvgIpc) is 3.37. The van der Waals surface area contributed by atoms with Gasteiger partial charge < -0.3 is 0 Å². The molecule has 4 heteroatoms. The first kappa shape index (κ1) is 55.2. The molecule has 4 heterocycles. The van der Waals surface area contributed by atoms with E-state index in [1.807, 2.05) is 55.9 Å². The second-order valence-electron chi connectivity index (χ2n) is 22.4. The van der Waals surface area contributed by atoms with Crippen molar-refractivity contribution in [2.75, 3.05) is 0 Å². The molecule has 0 amide bonds. The summed E-state index contributed by atoms with van der Waals surface area (Å²) in [4.78, 5) is 0. The molecule has 0 aliphatic carbocycles. The lowest BCUT2D eigenvalue weighted by molar-refractivity contribution is -0.661. The van der Waals surface area contributed by atoms with Crippen LogP contribution in [0.3, 0.4) is 0 Å². The van der Waals surface area contributed by atoms with Gasteiger partial charge in [-0.05, 0) is 147 Å². The summed E-state index contributed by atoms with van der Waals surface area (Å²) in [6.07, 6.45) is 10.9. The Kier molecular flexibility index (Phi) is 19.9. The summed E-state index contributed by atoms with van der Waals surface area (Å²) < 4.78 is 25.1. The third kappa shape index (κ3) is 15.7. The Balaban J connectivity index is 0.000000187. The lowest BCUT2D eigenvalue weighted by Gasteiger charge is -2.26. The van der Waals surface area contributed by atoms with Gasteiger partial charge in [-0.3, -0.25) is 0 Å². The summed E-state index contributed by atoms with van der Waals surface area (Å²) in [6, 6.07) is 51.3. The minimum atomic E-state index is -1.30. The molecule has 0 bridgehead atoms. The largest absolute Gasteiger partial charge is 0.212 e. The highest BCUT2D eigenvalue weighted by Gasteiger charge is 2.26. The fourth-order valence-electron chi connectivity index (χ4n) is 9.52. The molecule has 0 saturated carbocycles. The first-order valence-electron chi connectivity index (χ1n) is 28.1. The average molecular weight is 992 g/mol. The Morgan fingerprint density at radius 3 is 1.01 bits per heavy atom. The van der Waals surface area contributed by atoms with Crippen molar-refractivity contribution in [3.8, 4) is 45.0 Å². The van der Waals surface area contributed by atoms with Crippen molar-refractivity contribution >= 4 is 0 Å². The molecule has 0 aliphatic heterocycles. The van der Waals surface area contributed by atoms with Crippen LogP contribution in [-0.4, -0.2) is 0 Å². The van der Waals surface area contributed by atoms with E-state index in [4.69, 9.17) is 2.74 Å². The van der Waals surface area contributed by atoms with Gasteiger partial charge in [0.2, 0.25) is 22.8 Å². The van der Waals surface area contributed by atoms with Crippen LogP contribution in [0.15, 0.2) is 170 Å². The van der Waals surface area contributed by atoms with Gasteiger partial charge in [0.05, 0.1) is 0 Å². The number of aromatic nitrogens is 4. The minimum absolute atomic E-state index is 0.0492. The normalized spacial score (nSPS) is 11.9. The van der Waals surface area contributed by atoms with Crippen LogP contribution < -0.4 is 18.3 Å². The fraction of sp³-hybridized carbons (Fsp3) is 0.371. The molecule has 4 aromatic heterocycles. The Hall–Kier alpha value is -6.52. The zero-order valence-corrected chi connectivity index (χ0v) is 48.7. The molecule has 0 unspecified atom stereocenters. The smallest absolute Gasteiger partial charge is 0.201 e. The predicted octanol–water partition coefficient (Wildman–Crippen LogP) is 15.7. The predicted molar refractivity (Wildman–Crippen MR) is 315 cm³/mol. The van der Waals surface area contributed by atoms with E-state index in [0.717, 1.165) is 17.7 Å². The number of aryl methyl sites for hydroxylation is 8. The maximum Gasteiger partial charge on any atom is 0.212 e. The number of rotatable bonds is 11. The van der Waals surface area contributed by atoms with Crippen molar-refractivity contribution in [1.29, 1.82) is 0 Å². The molecule has 8 rings (SSSR count). The molecule has 0 aliphatic rings. The SMILES string of the molecule is CCC(C)(CC)c1ccc(-c2ccccc2C)[n+](C)c1.Cc1ccccc1-c1ccc(C(C)(C)C)c[n+]1C.Cc1ccccc1-c1ccc(CC(C)C)c[n+]1C.[2H]C([2H])(c1ccc(-c2ccccc2C)[n+](C)c1)C(C)C. The Labute approximate surface area is 452 Å². The van der Waals surface area contributed by atoms with E-state index < -0.39 is 6.37 Å². The molecule has 0 radical (unpaired) electrons. The molecular weight excluding hydrogens is 897 g/mol. The number of hydrogen-bond acceptors (Lipinski definition) is 0. The van der Waals surface area contributed by atoms with Gasteiger partial charge in [0.15, 0.2) is 24.8 Å². The second kappa shape index (κ2) is 26.6. The standard InChI is InChI=1S/C19H26N.3C17H22N/c1-6-19(4,7-2)16-12-13-18(20(5)14-16)17-11-9-8-10-15(17)3;1-13-8-6-7-9-15(13)16-11-10-14(12-18(16)5)17(2,3)4;2*1-13(2)11-15-9-10-17(18(4)12-15)16-8-6-5-7-14(16)3/h8-14H,6-7H2,1-5H3;6-12H,1-5H3;2*5-10,12-13H,11H2,1-4H3/q4*+1/i;;11D2;. The summed E-state index contributed by atoms with van der Waals surface area (Å²) in [5.41, 5.74) is 20.6. The second-order valence-corrected chi connectivity index (χ2v) is 22.4. The van der Waals surface area contributed by atoms with E-state index in [1.54, 1.807) is 0 Å². The van der Waals surface area contributed by atoms with Crippen LogP contribution in [-0.2, 0) is 51.8 Å². The van der Waals surface area contributed by atoms with Crippen molar-refractivity contribution in [1.82, 2.24) is 0 Å². The maximum atomic E-state index is 8.19.